The number of benzene rings is 1. The van der Waals surface area contributed by atoms with Crippen LogP contribution in [0.1, 0.15) is 50.7 Å². The molecule has 2 heterocycles. The van der Waals surface area contributed by atoms with Crippen LogP contribution in [-0.4, -0.2) is 36.6 Å². The third kappa shape index (κ3) is 2.10. The van der Waals surface area contributed by atoms with Gasteiger partial charge in [-0.1, -0.05) is 37.6 Å². The van der Waals surface area contributed by atoms with Crippen molar-refractivity contribution in [2.24, 2.45) is 11.8 Å². The first-order valence-electron chi connectivity index (χ1n) is 9.59. The lowest BCUT2D eigenvalue weighted by Crippen LogP contribution is -2.69. The molecule has 1 saturated carbocycles. The molecule has 4 bridgehead atoms. The van der Waals surface area contributed by atoms with Gasteiger partial charge in [0.05, 0.1) is 12.5 Å². The predicted molar refractivity (Wildman–Crippen MR) is 94.9 cm³/mol. The molecule has 1 aromatic carbocycles. The number of rotatable bonds is 4. The van der Waals surface area contributed by atoms with Crippen LogP contribution in [0.2, 0.25) is 0 Å². The zero-order chi connectivity index (χ0) is 16.9. The number of piperidine rings is 2. The average molecular weight is 327 g/mol. The molecule has 24 heavy (non-hydrogen) atoms. The number of nitrogens with zero attached hydrogens (tertiary/aromatic N) is 1. The minimum absolute atomic E-state index is 0.0248. The van der Waals surface area contributed by atoms with Crippen LogP contribution >= 0.6 is 0 Å². The van der Waals surface area contributed by atoms with Gasteiger partial charge in [-0.15, -0.1) is 0 Å². The zero-order valence-electron chi connectivity index (χ0n) is 15.1. The van der Waals surface area contributed by atoms with Crippen LogP contribution in [0.15, 0.2) is 24.3 Å². The quantitative estimate of drug-likeness (QED) is 0.792. The van der Waals surface area contributed by atoms with Crippen molar-refractivity contribution in [2.75, 3.05) is 13.7 Å². The number of likely N-dealkylation sites (N-methyl/N-ethyl adjacent to an activating group) is 1. The fraction of sp³-hybridized carbons (Fsp3) is 0.667. The largest absolute Gasteiger partial charge is 0.466 e. The molecule has 0 N–H and O–H groups in total. The predicted octanol–water partition coefficient (Wildman–Crippen LogP) is 3.55. The molecule has 2 saturated heterocycles. The molecule has 3 heteroatoms. The van der Waals surface area contributed by atoms with Crippen molar-refractivity contribution < 1.29 is 9.53 Å². The Bertz CT molecular complexity index is 642. The molecule has 0 radical (unpaired) electrons. The summed E-state index contributed by atoms with van der Waals surface area (Å²) in [5.41, 5.74) is 3.38. The van der Waals surface area contributed by atoms with Crippen molar-refractivity contribution in [1.82, 2.24) is 4.90 Å². The van der Waals surface area contributed by atoms with E-state index in [1.807, 2.05) is 6.92 Å². The fourth-order valence-electron chi connectivity index (χ4n) is 6.18. The highest BCUT2D eigenvalue weighted by Gasteiger charge is 2.61. The Morgan fingerprint density at radius 2 is 2.08 bits per heavy atom. The van der Waals surface area contributed by atoms with Gasteiger partial charge in [0.25, 0.3) is 0 Å². The highest BCUT2D eigenvalue weighted by molar-refractivity contribution is 5.74. The van der Waals surface area contributed by atoms with Crippen LogP contribution in [0.4, 0.5) is 0 Å². The molecule has 0 aromatic heterocycles. The second kappa shape index (κ2) is 5.87. The van der Waals surface area contributed by atoms with Gasteiger partial charge in [0, 0.05) is 17.5 Å². The molecule has 3 fully saturated rings. The summed E-state index contributed by atoms with van der Waals surface area (Å²) >= 11 is 0. The van der Waals surface area contributed by atoms with E-state index in [-0.39, 0.29) is 17.3 Å². The maximum atomic E-state index is 12.5. The van der Waals surface area contributed by atoms with Crippen LogP contribution in [0.25, 0.3) is 0 Å². The lowest BCUT2D eigenvalue weighted by atomic mass is 9.48. The second-order valence-corrected chi connectivity index (χ2v) is 7.97. The van der Waals surface area contributed by atoms with Gasteiger partial charge in [-0.05, 0) is 56.7 Å². The van der Waals surface area contributed by atoms with Gasteiger partial charge in [0.15, 0.2) is 0 Å². The molecule has 5 rings (SSSR count). The number of ether oxygens (including phenoxy) is 1. The molecule has 0 spiro atoms. The van der Waals surface area contributed by atoms with Crippen LogP contribution in [0.5, 0.6) is 0 Å². The lowest BCUT2D eigenvalue weighted by Gasteiger charge is -2.64. The first kappa shape index (κ1) is 16.1. The van der Waals surface area contributed by atoms with E-state index in [1.54, 1.807) is 5.56 Å². The number of carbonyl (C=O) groups is 1. The van der Waals surface area contributed by atoms with E-state index < -0.39 is 0 Å². The van der Waals surface area contributed by atoms with Crippen molar-refractivity contribution in [3.63, 3.8) is 0 Å². The van der Waals surface area contributed by atoms with Crippen LogP contribution in [-0.2, 0) is 21.4 Å². The summed E-state index contributed by atoms with van der Waals surface area (Å²) in [7, 11) is 2.23. The van der Waals surface area contributed by atoms with Crippen LogP contribution in [0, 0.1) is 11.8 Å². The van der Waals surface area contributed by atoms with E-state index in [0.29, 0.717) is 24.6 Å². The minimum Gasteiger partial charge on any atom is -0.466 e. The first-order chi connectivity index (χ1) is 11.6. The van der Waals surface area contributed by atoms with E-state index in [0.717, 1.165) is 19.3 Å². The molecule has 0 amide bonds. The van der Waals surface area contributed by atoms with Crippen molar-refractivity contribution in [3.05, 3.63) is 35.4 Å². The summed E-state index contributed by atoms with van der Waals surface area (Å²) in [5.74, 6) is 0.667. The Balaban J connectivity index is 1.77. The molecule has 2 aliphatic heterocycles. The number of esters is 1. The maximum Gasteiger partial charge on any atom is 0.310 e. The summed E-state index contributed by atoms with van der Waals surface area (Å²) in [4.78, 5) is 15.0. The Hall–Kier alpha value is -1.35. The van der Waals surface area contributed by atoms with E-state index >= 15 is 0 Å². The van der Waals surface area contributed by atoms with Crippen molar-refractivity contribution in [1.29, 1.82) is 0 Å². The molecule has 2 aliphatic carbocycles. The van der Waals surface area contributed by atoms with Crippen LogP contribution in [0.3, 0.4) is 0 Å². The molecule has 3 unspecified atom stereocenters. The van der Waals surface area contributed by atoms with Crippen LogP contribution < -0.4 is 0 Å². The average Bonchev–Trinajstić information content (AvgIpc) is 2.59. The van der Waals surface area contributed by atoms with Gasteiger partial charge in [-0.3, -0.25) is 9.69 Å². The summed E-state index contributed by atoms with van der Waals surface area (Å²) in [6, 6.07) is 9.97. The van der Waals surface area contributed by atoms with E-state index in [1.165, 1.54) is 18.4 Å². The Morgan fingerprint density at radius 1 is 1.29 bits per heavy atom. The SMILES string of the molecule is CCC[C@@]12CC3[C@@H](C(=O)OCC)CC1C(Cc1ccccc12)N3C. The zero-order valence-corrected chi connectivity index (χ0v) is 15.1. The molecule has 130 valence electrons. The van der Waals surface area contributed by atoms with E-state index in [9.17, 15) is 4.79 Å². The van der Waals surface area contributed by atoms with Crippen molar-refractivity contribution in [2.45, 2.75) is 63.5 Å². The fourth-order valence-corrected chi connectivity index (χ4v) is 6.18. The van der Waals surface area contributed by atoms with Gasteiger partial charge >= 0.3 is 5.97 Å². The summed E-state index contributed by atoms with van der Waals surface area (Å²) in [6.07, 6.45) is 5.70. The summed E-state index contributed by atoms with van der Waals surface area (Å²) in [6.45, 7) is 4.70. The summed E-state index contributed by atoms with van der Waals surface area (Å²) < 4.78 is 5.40. The molecule has 1 aromatic rings. The second-order valence-electron chi connectivity index (χ2n) is 7.97. The van der Waals surface area contributed by atoms with Gasteiger partial charge in [0.1, 0.15) is 0 Å². The number of hydrogen-bond donors (Lipinski definition) is 0. The number of fused-ring (bicyclic) bond motifs is 2. The topological polar surface area (TPSA) is 29.5 Å². The van der Waals surface area contributed by atoms with Gasteiger partial charge in [-0.25, -0.2) is 0 Å². The van der Waals surface area contributed by atoms with Gasteiger partial charge in [0.2, 0.25) is 0 Å². The Labute approximate surface area is 145 Å². The monoisotopic (exact) mass is 327 g/mol. The maximum absolute atomic E-state index is 12.5. The molecule has 3 nitrogen and oxygen atoms in total. The lowest BCUT2D eigenvalue weighted by molar-refractivity contribution is -0.165. The standard InChI is InChI=1S/C21H29NO2/c1-4-10-21-13-19-15(20(23)24-5-2)12-17(21)18(22(19)3)11-14-8-6-7-9-16(14)21/h6-9,15,17-19H,4-5,10-13H2,1-3H3/t15-,17?,18?,19?,21-/m0/s1. The Kier molecular flexibility index (Phi) is 3.95. The van der Waals surface area contributed by atoms with Gasteiger partial charge in [-0.2, -0.15) is 0 Å². The molecular weight excluding hydrogens is 298 g/mol. The number of hydrogen-bond acceptors (Lipinski definition) is 3. The van der Waals surface area contributed by atoms with Crippen molar-refractivity contribution >= 4 is 5.97 Å². The first-order valence-corrected chi connectivity index (χ1v) is 9.59. The normalized spacial score (nSPS) is 37.1. The Morgan fingerprint density at radius 3 is 2.83 bits per heavy atom. The highest BCUT2D eigenvalue weighted by atomic mass is 16.5. The minimum atomic E-state index is 0.0248. The van der Waals surface area contributed by atoms with Gasteiger partial charge < -0.3 is 4.74 Å². The highest BCUT2D eigenvalue weighted by Crippen LogP contribution is 2.59. The number of carbonyl (C=O) groups excluding carboxylic acids is 1. The van der Waals surface area contributed by atoms with E-state index in [2.05, 4.69) is 43.1 Å². The third-order valence-electron chi connectivity index (χ3n) is 7.03. The summed E-state index contributed by atoms with van der Waals surface area (Å²) in [5, 5.41) is 0. The molecule has 4 aliphatic rings. The van der Waals surface area contributed by atoms with E-state index in [4.69, 9.17) is 4.74 Å². The third-order valence-corrected chi connectivity index (χ3v) is 7.03. The molecular formula is C21H29NO2. The smallest absolute Gasteiger partial charge is 0.310 e. The van der Waals surface area contributed by atoms with Crippen molar-refractivity contribution in [3.8, 4) is 0 Å². The molecule has 5 atom stereocenters.